The molecular formula is C56H42P2. The lowest BCUT2D eigenvalue weighted by Gasteiger charge is -2.31. The molecular weight excluding hydrogens is 735 g/mol. The standard InChI is InChI=1S/C56H42P2/c1-9-25-41(26-10-1)49-50(42-27-11-2-12-28-42)54(46-35-19-6-20-36-46)57(53(49)45-33-17-5-18-34-45)58-55(47-37-21-7-22-38-47)51(43-29-13-3-14-30-43)52(44-31-15-4-16-32-44)56(58)48-39-23-8-24-40-48/h1-40,49,53H. The van der Waals surface area contributed by atoms with E-state index in [9.17, 15) is 0 Å². The van der Waals surface area contributed by atoms with Crippen LogP contribution in [0.2, 0.25) is 0 Å². The van der Waals surface area contributed by atoms with Crippen LogP contribution in [0, 0.1) is 0 Å². The zero-order valence-corrected chi connectivity index (χ0v) is 33.9. The van der Waals surface area contributed by atoms with Crippen molar-refractivity contribution < 1.29 is 0 Å². The highest BCUT2D eigenvalue weighted by molar-refractivity contribution is 8.32. The van der Waals surface area contributed by atoms with Crippen molar-refractivity contribution in [2.45, 2.75) is 11.6 Å². The molecule has 58 heavy (non-hydrogen) atoms. The predicted molar refractivity (Wildman–Crippen MR) is 251 cm³/mol. The van der Waals surface area contributed by atoms with Gasteiger partial charge in [0.1, 0.15) is 0 Å². The van der Waals surface area contributed by atoms with E-state index in [4.69, 9.17) is 0 Å². The van der Waals surface area contributed by atoms with Crippen LogP contribution in [-0.2, 0) is 0 Å². The van der Waals surface area contributed by atoms with E-state index in [1.807, 2.05) is 0 Å². The lowest BCUT2D eigenvalue weighted by atomic mass is 9.81. The van der Waals surface area contributed by atoms with E-state index in [1.165, 1.54) is 77.1 Å². The van der Waals surface area contributed by atoms with Crippen molar-refractivity contribution in [2.24, 2.45) is 0 Å². The van der Waals surface area contributed by atoms with E-state index in [0.717, 1.165) is 0 Å². The Bertz CT molecular complexity index is 2680. The zero-order chi connectivity index (χ0) is 38.7. The number of benzene rings is 8. The first kappa shape index (κ1) is 36.1. The average molecular weight is 777 g/mol. The molecule has 9 aromatic rings. The van der Waals surface area contributed by atoms with Crippen molar-refractivity contribution in [3.8, 4) is 44.0 Å². The molecule has 10 rings (SSSR count). The summed E-state index contributed by atoms with van der Waals surface area (Å²) in [6.07, 6.45) is 0. The molecule has 1 aliphatic heterocycles. The number of rotatable bonds is 9. The molecule has 2 heteroatoms. The molecule has 0 bridgehead atoms. The summed E-state index contributed by atoms with van der Waals surface area (Å²) in [7, 11) is -2.03. The SMILES string of the molecule is c1ccc(C2=C(c3ccccc3)P(p3c(-c4ccccc4)c(-c4ccccc4)c(-c4ccccc4)c3-c3ccccc3)C(c3ccccc3)C2c2ccccc2)cc1. The quantitative estimate of drug-likeness (QED) is 0.128. The molecule has 0 aliphatic carbocycles. The van der Waals surface area contributed by atoms with Gasteiger partial charge in [0.2, 0.25) is 0 Å². The van der Waals surface area contributed by atoms with Gasteiger partial charge in [-0.1, -0.05) is 250 Å². The van der Waals surface area contributed by atoms with Crippen LogP contribution in [0.4, 0.5) is 0 Å². The first-order valence-electron chi connectivity index (χ1n) is 20.1. The molecule has 1 aliphatic rings. The maximum atomic E-state index is 2.41. The van der Waals surface area contributed by atoms with Crippen LogP contribution in [0.3, 0.4) is 0 Å². The Hall–Kier alpha value is -6.29. The highest BCUT2D eigenvalue weighted by atomic mass is 32.1. The third-order valence-corrected chi connectivity index (χ3v) is 19.5. The molecule has 0 radical (unpaired) electrons. The maximum Gasteiger partial charge on any atom is 0.0266 e. The van der Waals surface area contributed by atoms with Crippen LogP contribution >= 0.6 is 14.8 Å². The number of hydrogen-bond donors (Lipinski definition) is 0. The first-order chi connectivity index (χ1) is 28.9. The molecule has 1 aromatic heterocycles. The van der Waals surface area contributed by atoms with E-state index in [0.29, 0.717) is 0 Å². The molecule has 0 fully saturated rings. The van der Waals surface area contributed by atoms with Crippen molar-refractivity contribution in [3.05, 3.63) is 265 Å². The van der Waals surface area contributed by atoms with E-state index >= 15 is 0 Å². The minimum absolute atomic E-state index is 0.129. The molecule has 2 heterocycles. The van der Waals surface area contributed by atoms with Crippen molar-refractivity contribution in [2.75, 3.05) is 0 Å². The van der Waals surface area contributed by atoms with Gasteiger partial charge in [0.05, 0.1) is 0 Å². The largest absolute Gasteiger partial charge is 0.0776 e. The Kier molecular flexibility index (Phi) is 10.1. The molecule has 3 unspecified atom stereocenters. The Morgan fingerprint density at radius 2 is 0.586 bits per heavy atom. The summed E-state index contributed by atoms with van der Waals surface area (Å²) in [6.45, 7) is 0. The fraction of sp³-hybridized carbons (Fsp3) is 0.0357. The minimum Gasteiger partial charge on any atom is -0.0776 e. The molecule has 0 saturated carbocycles. The van der Waals surface area contributed by atoms with Gasteiger partial charge in [-0.15, -0.1) is 0 Å². The molecule has 276 valence electrons. The summed E-state index contributed by atoms with van der Waals surface area (Å²) in [5.74, 6) is 0.129. The summed E-state index contributed by atoms with van der Waals surface area (Å²) in [6, 6.07) is 90.7. The van der Waals surface area contributed by atoms with E-state index < -0.39 is 14.8 Å². The molecule has 0 nitrogen and oxygen atoms in total. The lowest BCUT2D eigenvalue weighted by Crippen LogP contribution is -2.07. The van der Waals surface area contributed by atoms with Crippen LogP contribution < -0.4 is 0 Å². The summed E-state index contributed by atoms with van der Waals surface area (Å²) >= 11 is 0. The molecule has 0 saturated heterocycles. The van der Waals surface area contributed by atoms with Gasteiger partial charge >= 0.3 is 0 Å². The summed E-state index contributed by atoms with van der Waals surface area (Å²) in [5.41, 5.74) is 14.9. The molecule has 8 aromatic carbocycles. The fourth-order valence-electron chi connectivity index (χ4n) is 9.02. The molecule has 0 N–H and O–H groups in total. The summed E-state index contributed by atoms with van der Waals surface area (Å²) in [4.78, 5) is 0. The Labute approximate surface area is 344 Å². The topological polar surface area (TPSA) is 0 Å². The molecule has 0 amide bonds. The number of hydrogen-bond acceptors (Lipinski definition) is 0. The second-order valence-corrected chi connectivity index (χ2v) is 20.5. The van der Waals surface area contributed by atoms with Gasteiger partial charge in [-0.2, -0.15) is 0 Å². The minimum atomic E-state index is -1.05. The van der Waals surface area contributed by atoms with Gasteiger partial charge in [0.25, 0.3) is 0 Å². The normalized spacial score (nSPS) is 16.4. The second-order valence-electron chi connectivity index (χ2n) is 14.8. The van der Waals surface area contributed by atoms with Crippen molar-refractivity contribution in [1.82, 2.24) is 0 Å². The fourth-order valence-corrected chi connectivity index (χ4v) is 19.5. The Morgan fingerprint density at radius 3 is 0.983 bits per heavy atom. The average Bonchev–Trinajstić information content (AvgIpc) is 3.86. The Balaban J connectivity index is 1.46. The van der Waals surface area contributed by atoms with Gasteiger partial charge in [-0.3, -0.25) is 0 Å². The van der Waals surface area contributed by atoms with E-state index in [1.54, 1.807) is 0 Å². The predicted octanol–water partition coefficient (Wildman–Crippen LogP) is 16.7. The Morgan fingerprint density at radius 1 is 0.276 bits per heavy atom. The van der Waals surface area contributed by atoms with Crippen molar-refractivity contribution in [3.63, 3.8) is 0 Å². The van der Waals surface area contributed by atoms with Gasteiger partial charge in [-0.05, 0) is 63.0 Å². The van der Waals surface area contributed by atoms with Crippen LogP contribution in [0.1, 0.15) is 33.8 Å². The number of allylic oxidation sites excluding steroid dienone is 1. The smallest absolute Gasteiger partial charge is 0.0266 e. The van der Waals surface area contributed by atoms with Gasteiger partial charge in [0, 0.05) is 33.3 Å². The first-order valence-corrected chi connectivity index (χ1v) is 23.6. The third-order valence-electron chi connectivity index (χ3n) is 11.4. The second kappa shape index (κ2) is 16.3. The highest BCUT2D eigenvalue weighted by Gasteiger charge is 2.48. The maximum absolute atomic E-state index is 2.41. The molecule has 0 spiro atoms. The van der Waals surface area contributed by atoms with Crippen LogP contribution in [0.15, 0.2) is 243 Å². The van der Waals surface area contributed by atoms with Gasteiger partial charge in [-0.25, -0.2) is 0 Å². The zero-order valence-electron chi connectivity index (χ0n) is 32.1. The summed E-state index contributed by atoms with van der Waals surface area (Å²) < 4.78 is 0. The van der Waals surface area contributed by atoms with E-state index in [2.05, 4.69) is 243 Å². The molecule has 3 atom stereocenters. The van der Waals surface area contributed by atoms with Crippen molar-refractivity contribution in [1.29, 1.82) is 0 Å². The van der Waals surface area contributed by atoms with E-state index in [-0.39, 0.29) is 11.6 Å². The summed E-state index contributed by atoms with van der Waals surface area (Å²) in [5, 5.41) is 4.46. The lowest BCUT2D eigenvalue weighted by molar-refractivity contribution is 0.840. The highest BCUT2D eigenvalue weighted by Crippen LogP contribution is 2.91. The van der Waals surface area contributed by atoms with Crippen molar-refractivity contribution >= 4 is 25.7 Å². The monoisotopic (exact) mass is 776 g/mol. The third kappa shape index (κ3) is 6.60. The van der Waals surface area contributed by atoms with Crippen LogP contribution in [-0.4, -0.2) is 0 Å². The van der Waals surface area contributed by atoms with Crippen LogP contribution in [0.5, 0.6) is 0 Å². The van der Waals surface area contributed by atoms with Gasteiger partial charge < -0.3 is 0 Å². The van der Waals surface area contributed by atoms with Gasteiger partial charge in [0.15, 0.2) is 0 Å². The van der Waals surface area contributed by atoms with Crippen LogP contribution in [0.25, 0.3) is 54.9 Å².